The maximum atomic E-state index is 15.0. The molecule has 398 valence electrons. The molecule has 0 spiro atoms. The fourth-order valence-corrected chi connectivity index (χ4v) is 12.9. The summed E-state index contributed by atoms with van der Waals surface area (Å²) in [7, 11) is -3.42. The van der Waals surface area contributed by atoms with Crippen LogP contribution < -0.4 is 16.3 Å². The molecule has 20 nitrogen and oxygen atoms in total. The van der Waals surface area contributed by atoms with E-state index < -0.39 is 67.0 Å². The number of morpholine rings is 1. The zero-order valence-electron chi connectivity index (χ0n) is 41.9. The highest BCUT2D eigenvalue weighted by Gasteiger charge is 2.50. The predicted molar refractivity (Wildman–Crippen MR) is 273 cm³/mol. The summed E-state index contributed by atoms with van der Waals surface area (Å²) in [5.74, 6) is -5.12. The van der Waals surface area contributed by atoms with Crippen LogP contribution in [-0.2, 0) is 51.6 Å². The fraction of sp³-hybridized carbons (Fsp3) is 0.481. The Bertz CT molecular complexity index is 3210. The molecule has 2 bridgehead atoms. The van der Waals surface area contributed by atoms with Gasteiger partial charge in [-0.1, -0.05) is 63.2 Å². The Morgan fingerprint density at radius 3 is 2.41 bits per heavy atom. The molecule has 5 aliphatic rings. The van der Waals surface area contributed by atoms with E-state index in [1.165, 1.54) is 38.3 Å². The Morgan fingerprint density at radius 1 is 0.933 bits per heavy atom. The minimum absolute atomic E-state index is 0.0595. The number of benzene rings is 3. The van der Waals surface area contributed by atoms with E-state index in [9.17, 15) is 52.3 Å². The van der Waals surface area contributed by atoms with Gasteiger partial charge in [-0.2, -0.15) is 0 Å². The number of hydrogen-bond donors (Lipinski definition) is 4. The van der Waals surface area contributed by atoms with Gasteiger partial charge in [-0.3, -0.25) is 52.7 Å². The molecule has 5 aliphatic heterocycles. The Balaban J connectivity index is 0.827. The summed E-state index contributed by atoms with van der Waals surface area (Å²) in [4.78, 5) is 122. The first kappa shape index (κ1) is 52.3. The van der Waals surface area contributed by atoms with E-state index >= 15 is 0 Å². The second-order valence-electron chi connectivity index (χ2n) is 21.3. The molecule has 7 heterocycles. The summed E-state index contributed by atoms with van der Waals surface area (Å²) >= 11 is 1.07. The van der Waals surface area contributed by atoms with Gasteiger partial charge in [0.25, 0.3) is 5.91 Å². The van der Waals surface area contributed by atoms with E-state index in [0.29, 0.717) is 40.8 Å². The van der Waals surface area contributed by atoms with Crippen molar-refractivity contribution >= 4 is 75.5 Å². The molecule has 2 aromatic heterocycles. The van der Waals surface area contributed by atoms with Crippen molar-refractivity contribution in [3.05, 3.63) is 105 Å². The molecule has 10 rings (SSSR count). The van der Waals surface area contributed by atoms with Gasteiger partial charge in [-0.15, -0.1) is 11.3 Å². The van der Waals surface area contributed by atoms with E-state index in [1.54, 1.807) is 32.7 Å². The summed E-state index contributed by atoms with van der Waals surface area (Å²) in [6.07, 6.45) is 0.0906. The number of rotatable bonds is 13. The van der Waals surface area contributed by atoms with Crippen molar-refractivity contribution in [1.82, 2.24) is 39.4 Å². The number of amides is 6. The summed E-state index contributed by atoms with van der Waals surface area (Å²) in [5.41, 5.74) is 1.66. The van der Waals surface area contributed by atoms with Crippen molar-refractivity contribution in [3.8, 4) is 0 Å². The minimum Gasteiger partial charge on any atom is -0.370 e. The van der Waals surface area contributed by atoms with Gasteiger partial charge < -0.3 is 39.3 Å². The third-order valence-corrected chi connectivity index (χ3v) is 17.3. The number of aryl methyl sites for hydroxylation is 1. The van der Waals surface area contributed by atoms with Crippen LogP contribution in [-0.4, -0.2) is 150 Å². The molecule has 0 saturated carbocycles. The number of imidazole rings is 1. The van der Waals surface area contributed by atoms with E-state index in [1.807, 2.05) is 53.4 Å². The SMILES string of the molecule is Cn1c(=O)n(C2CCC(=O)NC2=O)c2ccc(CN3C[C@H]4C[C@@H]3CN4C(=O)CO[C@@H]3CCN(C(=O)[C@@H](NC(=O)c4cc5cc([C@H](F)P(=O)(O)O)ccc5s4)C(C)(C)C)[C@@H]3C(=O)N3CCO[C@H](c4ccccc4)C3)cc21. The van der Waals surface area contributed by atoms with E-state index in [4.69, 9.17) is 9.47 Å². The lowest BCUT2D eigenvalue weighted by atomic mass is 9.85. The van der Waals surface area contributed by atoms with Crippen molar-refractivity contribution < 1.29 is 57.0 Å². The highest BCUT2D eigenvalue weighted by Crippen LogP contribution is 2.53. The number of imide groups is 1. The van der Waals surface area contributed by atoms with Gasteiger partial charge in [0, 0.05) is 63.0 Å². The largest absolute Gasteiger partial charge is 0.370 e. The number of carbonyl (C=O) groups is 6. The first-order valence-electron chi connectivity index (χ1n) is 25.1. The first-order valence-corrected chi connectivity index (χ1v) is 27.6. The van der Waals surface area contributed by atoms with Gasteiger partial charge in [0.05, 0.1) is 35.2 Å². The first-order chi connectivity index (χ1) is 35.6. The normalized spacial score (nSPS) is 24.3. The number of carbonyl (C=O) groups excluding carboxylic acids is 6. The van der Waals surface area contributed by atoms with Crippen LogP contribution in [0.25, 0.3) is 21.1 Å². The Kier molecular flexibility index (Phi) is 14.3. The molecule has 6 amide bonds. The summed E-state index contributed by atoms with van der Waals surface area (Å²) in [5, 5.41) is 5.63. The quantitative estimate of drug-likeness (QED) is 0.0968. The van der Waals surface area contributed by atoms with Gasteiger partial charge in [-0.25, -0.2) is 9.18 Å². The predicted octanol–water partition coefficient (Wildman–Crippen LogP) is 3.89. The number of ether oxygens (including phenoxy) is 2. The second kappa shape index (κ2) is 20.4. The number of fused-ring (bicyclic) bond motifs is 4. The molecular formula is C52H60FN8O12PS. The number of nitrogens with one attached hydrogen (secondary N) is 2. The number of thiophene rings is 1. The van der Waals surface area contributed by atoms with Gasteiger partial charge in [0.15, 0.2) is 0 Å². The van der Waals surface area contributed by atoms with Crippen LogP contribution in [0.15, 0.2) is 77.6 Å². The van der Waals surface area contributed by atoms with E-state index in [-0.39, 0.29) is 98.0 Å². The third kappa shape index (κ3) is 10.3. The van der Waals surface area contributed by atoms with E-state index in [0.717, 1.165) is 28.9 Å². The average Bonchev–Trinajstić information content (AvgIpc) is 4.24. The van der Waals surface area contributed by atoms with Gasteiger partial charge >= 0.3 is 13.3 Å². The molecule has 3 aromatic carbocycles. The number of nitrogens with zero attached hydrogens (tertiary/aromatic N) is 6. The molecule has 4 N–H and O–H groups in total. The van der Waals surface area contributed by atoms with Crippen LogP contribution in [0.1, 0.15) is 90.9 Å². The van der Waals surface area contributed by atoms with Crippen molar-refractivity contribution in [2.75, 3.05) is 45.9 Å². The van der Waals surface area contributed by atoms with Crippen molar-refractivity contribution in [2.45, 2.75) is 101 Å². The van der Waals surface area contributed by atoms with Gasteiger partial charge in [0.2, 0.25) is 35.4 Å². The topological polar surface area (TPSA) is 242 Å². The molecule has 5 saturated heterocycles. The number of piperazine rings is 1. The van der Waals surface area contributed by atoms with Crippen LogP contribution in [0, 0.1) is 5.41 Å². The molecular weight excluding hydrogens is 1010 g/mol. The number of hydrogen-bond acceptors (Lipinski definition) is 12. The number of aromatic nitrogens is 2. The maximum absolute atomic E-state index is 15.0. The number of likely N-dealkylation sites (tertiary alicyclic amines) is 3. The van der Waals surface area contributed by atoms with E-state index in [2.05, 4.69) is 15.5 Å². The summed E-state index contributed by atoms with van der Waals surface area (Å²) < 4.78 is 42.3. The van der Waals surface area contributed by atoms with Crippen molar-refractivity contribution in [2.24, 2.45) is 12.5 Å². The number of alkyl halides is 1. The van der Waals surface area contributed by atoms with Crippen molar-refractivity contribution in [1.29, 1.82) is 0 Å². The fourth-order valence-electron chi connectivity index (χ4n) is 11.4. The maximum Gasteiger partial charge on any atom is 0.363 e. The van der Waals surface area contributed by atoms with Crippen LogP contribution in [0.4, 0.5) is 4.39 Å². The van der Waals surface area contributed by atoms with Crippen LogP contribution in [0.3, 0.4) is 0 Å². The number of piperidine rings is 1. The second-order valence-corrected chi connectivity index (χ2v) is 24.0. The summed E-state index contributed by atoms with van der Waals surface area (Å²) in [6.45, 7) is 7.50. The minimum atomic E-state index is -5.08. The Hall–Kier alpha value is -6.13. The highest BCUT2D eigenvalue weighted by atomic mass is 32.1. The molecule has 0 aliphatic carbocycles. The summed E-state index contributed by atoms with van der Waals surface area (Å²) in [6, 6.07) is 17.6. The molecule has 8 atom stereocenters. The molecule has 0 radical (unpaired) electrons. The zero-order chi connectivity index (χ0) is 53.2. The molecule has 23 heteroatoms. The Labute approximate surface area is 434 Å². The molecule has 5 fully saturated rings. The van der Waals surface area contributed by atoms with Crippen molar-refractivity contribution in [3.63, 3.8) is 0 Å². The standard InChI is InChI=1S/C52H60FN8O12PS/c1-52(2,3)45(55-48(65)41-22-32-21-31(11-14-40(32)75-41)46(53)74(69,70)71)50(67)59-17-16-38(44(59)49(66)57-18-19-72-39(27-57)30-8-6-5-7-9-30)73-28-43(63)60-26-33-23-34(60)25-58(33)24-29-10-12-35-37(20-29)56(4)51(68)61(35)36-13-15-42(62)54-47(36)64/h5-12,14,20-22,33-34,36,38-39,44-46H,13,15-19,23-28H2,1-4H3,(H,55,65)(H,54,62,64)(H2,69,70,71)/t33-,34-,36?,38-,39+,44+,45-,46-/m1/s1. The molecule has 5 aromatic rings. The smallest absolute Gasteiger partial charge is 0.363 e. The lowest BCUT2D eigenvalue weighted by Gasteiger charge is -2.39. The van der Waals surface area contributed by atoms with Crippen LogP contribution in [0.5, 0.6) is 0 Å². The van der Waals surface area contributed by atoms with Crippen LogP contribution >= 0.6 is 18.9 Å². The van der Waals surface area contributed by atoms with Gasteiger partial charge in [-0.05, 0) is 77.1 Å². The van der Waals surface area contributed by atoms with Crippen LogP contribution in [0.2, 0.25) is 0 Å². The average molecular weight is 1070 g/mol. The van der Waals surface area contributed by atoms with Gasteiger partial charge in [0.1, 0.15) is 30.8 Å². The molecule has 1 unspecified atom stereocenters. The molecule has 75 heavy (non-hydrogen) atoms. The third-order valence-electron chi connectivity index (χ3n) is 15.3. The highest BCUT2D eigenvalue weighted by molar-refractivity contribution is 7.51. The zero-order valence-corrected chi connectivity index (χ0v) is 43.6. The Morgan fingerprint density at radius 2 is 1.71 bits per heavy atom. The number of halogens is 1. The monoisotopic (exact) mass is 1070 g/mol. The lowest BCUT2D eigenvalue weighted by Crippen LogP contribution is -2.60. The lowest BCUT2D eigenvalue weighted by molar-refractivity contribution is -0.156.